The highest BCUT2D eigenvalue weighted by atomic mass is 16.5. The van der Waals surface area contributed by atoms with Gasteiger partial charge in [0, 0.05) is 27.2 Å². The summed E-state index contributed by atoms with van der Waals surface area (Å²) in [6.45, 7) is 1.93. The molecule has 0 aliphatic heterocycles. The molecule has 6 heteroatoms. The Labute approximate surface area is 153 Å². The molecule has 26 heavy (non-hydrogen) atoms. The number of amides is 1. The van der Waals surface area contributed by atoms with Crippen LogP contribution in [0.2, 0.25) is 0 Å². The van der Waals surface area contributed by atoms with Crippen molar-refractivity contribution in [3.63, 3.8) is 0 Å². The maximum Gasteiger partial charge on any atom is 0.240 e. The number of hydrogen-bond donors (Lipinski definition) is 1. The Hall–Kier alpha value is -2.86. The van der Waals surface area contributed by atoms with Crippen LogP contribution in [-0.4, -0.2) is 42.8 Å². The monoisotopic (exact) mass is 352 g/mol. The van der Waals surface area contributed by atoms with Crippen LogP contribution in [0.25, 0.3) is 11.0 Å². The molecule has 0 saturated heterocycles. The summed E-state index contributed by atoms with van der Waals surface area (Å²) < 4.78 is 6.94. The maximum atomic E-state index is 12.3. The SMILES string of the molecule is COCCNC(=O)Cn1c(N(C)Cc2ccccc2)nc2ccccc21. The number of methoxy groups -OCH3 is 1. The first-order chi connectivity index (χ1) is 12.7. The highest BCUT2D eigenvalue weighted by Gasteiger charge is 2.16. The fourth-order valence-corrected chi connectivity index (χ4v) is 2.93. The van der Waals surface area contributed by atoms with Gasteiger partial charge in [0.1, 0.15) is 6.54 Å². The number of benzene rings is 2. The van der Waals surface area contributed by atoms with Crippen LogP contribution in [0.5, 0.6) is 0 Å². The number of para-hydroxylation sites is 2. The molecule has 6 nitrogen and oxygen atoms in total. The second kappa shape index (κ2) is 8.49. The molecule has 0 unspecified atom stereocenters. The smallest absolute Gasteiger partial charge is 0.240 e. The van der Waals surface area contributed by atoms with Gasteiger partial charge < -0.3 is 19.5 Å². The number of nitrogens with zero attached hydrogens (tertiary/aromatic N) is 3. The fraction of sp³-hybridized carbons (Fsp3) is 0.300. The van der Waals surface area contributed by atoms with Crippen molar-refractivity contribution in [2.45, 2.75) is 13.1 Å². The van der Waals surface area contributed by atoms with Gasteiger partial charge in [-0.2, -0.15) is 0 Å². The number of anilines is 1. The maximum absolute atomic E-state index is 12.3. The van der Waals surface area contributed by atoms with Crippen LogP contribution in [-0.2, 0) is 22.6 Å². The van der Waals surface area contributed by atoms with Gasteiger partial charge in [-0.3, -0.25) is 4.79 Å². The van der Waals surface area contributed by atoms with Crippen molar-refractivity contribution in [2.24, 2.45) is 0 Å². The second-order valence-corrected chi connectivity index (χ2v) is 6.17. The number of ether oxygens (including phenoxy) is 1. The van der Waals surface area contributed by atoms with Gasteiger partial charge in [-0.15, -0.1) is 0 Å². The lowest BCUT2D eigenvalue weighted by Gasteiger charge is -2.20. The molecule has 0 radical (unpaired) electrons. The molecule has 136 valence electrons. The van der Waals surface area contributed by atoms with Crippen LogP contribution in [0.4, 0.5) is 5.95 Å². The molecule has 0 saturated carbocycles. The Kier molecular flexibility index (Phi) is 5.86. The van der Waals surface area contributed by atoms with E-state index < -0.39 is 0 Å². The summed E-state index contributed by atoms with van der Waals surface area (Å²) >= 11 is 0. The summed E-state index contributed by atoms with van der Waals surface area (Å²) in [7, 11) is 3.61. The van der Waals surface area contributed by atoms with Crippen LogP contribution in [0.3, 0.4) is 0 Å². The molecule has 1 heterocycles. The van der Waals surface area contributed by atoms with Gasteiger partial charge in [-0.05, 0) is 17.7 Å². The molecule has 1 amide bonds. The number of carbonyl (C=O) groups is 1. The van der Waals surface area contributed by atoms with Crippen molar-refractivity contribution in [2.75, 3.05) is 32.2 Å². The Bertz CT molecular complexity index is 861. The van der Waals surface area contributed by atoms with Gasteiger partial charge in [0.05, 0.1) is 17.6 Å². The van der Waals surface area contributed by atoms with Crippen LogP contribution in [0, 0.1) is 0 Å². The molecule has 3 rings (SSSR count). The van der Waals surface area contributed by atoms with Crippen LogP contribution < -0.4 is 10.2 Å². The van der Waals surface area contributed by atoms with Crippen LogP contribution in [0.1, 0.15) is 5.56 Å². The third-order valence-corrected chi connectivity index (χ3v) is 4.17. The predicted octanol–water partition coefficient (Wildman–Crippen LogP) is 2.44. The first-order valence-corrected chi connectivity index (χ1v) is 8.65. The molecule has 0 aliphatic rings. The number of nitrogens with one attached hydrogen (secondary N) is 1. The van der Waals surface area contributed by atoms with Crippen LogP contribution >= 0.6 is 0 Å². The van der Waals surface area contributed by atoms with Gasteiger partial charge in [0.25, 0.3) is 0 Å². The molecule has 3 aromatic rings. The molecule has 0 fully saturated rings. The quantitative estimate of drug-likeness (QED) is 0.633. The van der Waals surface area contributed by atoms with Crippen molar-refractivity contribution >= 4 is 22.9 Å². The highest BCUT2D eigenvalue weighted by molar-refractivity contribution is 5.83. The number of rotatable bonds is 8. The normalized spacial score (nSPS) is 10.8. The summed E-state index contributed by atoms with van der Waals surface area (Å²) in [6.07, 6.45) is 0. The Morgan fingerprint density at radius 1 is 1.15 bits per heavy atom. The van der Waals surface area contributed by atoms with E-state index in [9.17, 15) is 4.79 Å². The minimum absolute atomic E-state index is 0.0560. The molecule has 2 aromatic carbocycles. The zero-order valence-electron chi connectivity index (χ0n) is 15.2. The first kappa shape index (κ1) is 17.9. The molecule has 0 aliphatic carbocycles. The molecule has 0 bridgehead atoms. The van der Waals surface area contributed by atoms with Crippen molar-refractivity contribution < 1.29 is 9.53 Å². The van der Waals surface area contributed by atoms with E-state index in [1.165, 1.54) is 5.56 Å². The minimum Gasteiger partial charge on any atom is -0.383 e. The van der Waals surface area contributed by atoms with E-state index >= 15 is 0 Å². The van der Waals surface area contributed by atoms with Crippen molar-refractivity contribution in [3.8, 4) is 0 Å². The van der Waals surface area contributed by atoms with Crippen molar-refractivity contribution in [1.29, 1.82) is 0 Å². The van der Waals surface area contributed by atoms with E-state index in [4.69, 9.17) is 9.72 Å². The number of hydrogen-bond acceptors (Lipinski definition) is 4. The summed E-state index contributed by atoms with van der Waals surface area (Å²) in [5, 5.41) is 2.87. The number of carbonyl (C=O) groups excluding carboxylic acids is 1. The largest absolute Gasteiger partial charge is 0.383 e. The summed E-state index contributed by atoms with van der Waals surface area (Å²) in [6, 6.07) is 18.1. The topological polar surface area (TPSA) is 59.4 Å². The van der Waals surface area contributed by atoms with Gasteiger partial charge >= 0.3 is 0 Å². The van der Waals surface area contributed by atoms with Gasteiger partial charge in [0.15, 0.2) is 0 Å². The third kappa shape index (κ3) is 4.21. The van der Waals surface area contributed by atoms with E-state index in [0.29, 0.717) is 13.2 Å². The van der Waals surface area contributed by atoms with E-state index in [-0.39, 0.29) is 12.5 Å². The lowest BCUT2D eigenvalue weighted by atomic mass is 10.2. The first-order valence-electron chi connectivity index (χ1n) is 8.65. The lowest BCUT2D eigenvalue weighted by Crippen LogP contribution is -2.31. The average molecular weight is 352 g/mol. The lowest BCUT2D eigenvalue weighted by molar-refractivity contribution is -0.121. The summed E-state index contributed by atoms with van der Waals surface area (Å²) in [5.41, 5.74) is 3.02. The molecule has 0 atom stereocenters. The molecule has 1 aromatic heterocycles. The summed E-state index contributed by atoms with van der Waals surface area (Å²) in [4.78, 5) is 19.1. The zero-order valence-corrected chi connectivity index (χ0v) is 15.2. The Balaban J connectivity index is 1.85. The molecule has 0 spiro atoms. The molecular weight excluding hydrogens is 328 g/mol. The minimum atomic E-state index is -0.0560. The highest BCUT2D eigenvalue weighted by Crippen LogP contribution is 2.23. The summed E-state index contributed by atoms with van der Waals surface area (Å²) in [5.74, 6) is 0.719. The van der Waals surface area contributed by atoms with Crippen LogP contribution in [0.15, 0.2) is 54.6 Å². The molecular formula is C20H24N4O2. The zero-order chi connectivity index (χ0) is 18.4. The predicted molar refractivity (Wildman–Crippen MR) is 103 cm³/mol. The van der Waals surface area contributed by atoms with Crippen molar-refractivity contribution in [1.82, 2.24) is 14.9 Å². The van der Waals surface area contributed by atoms with E-state index in [1.54, 1.807) is 7.11 Å². The van der Waals surface area contributed by atoms with Gasteiger partial charge in [0.2, 0.25) is 11.9 Å². The van der Waals surface area contributed by atoms with E-state index in [2.05, 4.69) is 22.3 Å². The fourth-order valence-electron chi connectivity index (χ4n) is 2.93. The second-order valence-electron chi connectivity index (χ2n) is 6.17. The van der Waals surface area contributed by atoms with E-state index in [1.807, 2.05) is 54.1 Å². The Morgan fingerprint density at radius 2 is 1.88 bits per heavy atom. The number of aromatic nitrogens is 2. The van der Waals surface area contributed by atoms with Crippen molar-refractivity contribution in [3.05, 3.63) is 60.2 Å². The van der Waals surface area contributed by atoms with Gasteiger partial charge in [-0.1, -0.05) is 42.5 Å². The average Bonchev–Trinajstić information content (AvgIpc) is 3.01. The third-order valence-electron chi connectivity index (χ3n) is 4.17. The number of fused-ring (bicyclic) bond motifs is 1. The standard InChI is InChI=1S/C20H24N4O2/c1-23(14-16-8-4-3-5-9-16)20-22-17-10-6-7-11-18(17)24(20)15-19(25)21-12-13-26-2/h3-11H,12-15H2,1-2H3,(H,21,25). The Morgan fingerprint density at radius 3 is 2.65 bits per heavy atom. The number of imidazole rings is 1. The van der Waals surface area contributed by atoms with E-state index in [0.717, 1.165) is 23.5 Å². The molecule has 1 N–H and O–H groups in total. The van der Waals surface area contributed by atoms with Gasteiger partial charge in [-0.25, -0.2) is 4.98 Å².